The Hall–Kier alpha value is -13.3. The smallest absolute Gasteiger partial charge is 0.00261 e. The number of rotatable bonds is 12. The van der Waals surface area contributed by atoms with Gasteiger partial charge >= 0.3 is 0 Å². The lowest BCUT2D eigenvalue weighted by atomic mass is 9.81. The SMILES string of the molecule is c1ccc(-c2ccc(-c3c4ccc(-c5c6ccccc6c(-c6ccc7c(-c8ccc(-c9ccccc9)cc8)c8cc(-c9ccccc9)ccc8c(-c8ccc(-c9ccccc9)cc8)c7c6)c6ccccc56)cc4c(-c4ccc(-c5ccccc5)cc4)c4ccc(-c5ccccc5)cc34)cc2)cc1. The van der Waals surface area contributed by atoms with Crippen LogP contribution in [0.4, 0.5) is 0 Å². The van der Waals surface area contributed by atoms with Crippen LogP contribution in [0.1, 0.15) is 0 Å². The monoisotopic (exact) mass is 1290 g/mol. The molecule has 0 radical (unpaired) electrons. The summed E-state index contributed by atoms with van der Waals surface area (Å²) in [5, 5.41) is 14.5. The van der Waals surface area contributed by atoms with E-state index in [1.54, 1.807) is 0 Å². The van der Waals surface area contributed by atoms with E-state index < -0.39 is 0 Å². The van der Waals surface area contributed by atoms with Gasteiger partial charge in [-0.05, 0) is 222 Å². The minimum Gasteiger partial charge on any atom is -0.0622 e. The average Bonchev–Trinajstić information content (AvgIpc) is 0.724. The first kappa shape index (κ1) is 60.0. The molecule has 19 aromatic carbocycles. The summed E-state index contributed by atoms with van der Waals surface area (Å²) < 4.78 is 0. The Labute approximate surface area is 594 Å². The molecule has 0 bridgehead atoms. The zero-order valence-electron chi connectivity index (χ0n) is 56.1. The van der Waals surface area contributed by atoms with E-state index in [4.69, 9.17) is 0 Å². The number of fused-ring (bicyclic) bond motifs is 6. The molecule has 0 spiro atoms. The quantitative estimate of drug-likeness (QED) is 0.107. The molecule has 0 atom stereocenters. The molecule has 0 heterocycles. The Bertz CT molecular complexity index is 5910. The zero-order chi connectivity index (χ0) is 67.5. The molecule has 0 saturated heterocycles. The Morgan fingerprint density at radius 1 is 0.0784 bits per heavy atom. The molecule has 0 aliphatic carbocycles. The fourth-order valence-corrected chi connectivity index (χ4v) is 16.2. The normalized spacial score (nSPS) is 11.5. The first-order valence-electron chi connectivity index (χ1n) is 35.4. The molecule has 0 unspecified atom stereocenters. The summed E-state index contributed by atoms with van der Waals surface area (Å²) in [5.41, 5.74) is 28.6. The second-order valence-corrected chi connectivity index (χ2v) is 26.9. The van der Waals surface area contributed by atoms with Crippen molar-refractivity contribution in [2.75, 3.05) is 0 Å². The Morgan fingerprint density at radius 3 is 0.441 bits per heavy atom. The van der Waals surface area contributed by atoms with E-state index >= 15 is 0 Å². The molecule has 0 N–H and O–H groups in total. The van der Waals surface area contributed by atoms with Crippen LogP contribution in [0.15, 0.2) is 400 Å². The van der Waals surface area contributed by atoms with Crippen molar-refractivity contribution in [1.82, 2.24) is 0 Å². The molecule has 0 amide bonds. The van der Waals surface area contributed by atoms with Gasteiger partial charge in [-0.25, -0.2) is 0 Å². The minimum absolute atomic E-state index is 1.17. The van der Waals surface area contributed by atoms with Crippen LogP contribution < -0.4 is 0 Å². The molecule has 19 aromatic rings. The topological polar surface area (TPSA) is 0 Å². The molecule has 102 heavy (non-hydrogen) atoms. The van der Waals surface area contributed by atoms with Gasteiger partial charge in [-0.2, -0.15) is 0 Å². The lowest BCUT2D eigenvalue weighted by molar-refractivity contribution is 1.60. The summed E-state index contributed by atoms with van der Waals surface area (Å²) >= 11 is 0. The molecule has 0 heteroatoms. The van der Waals surface area contributed by atoms with Gasteiger partial charge in [0, 0.05) is 0 Å². The Morgan fingerprint density at radius 2 is 0.216 bits per heavy atom. The van der Waals surface area contributed by atoms with Gasteiger partial charge in [0.15, 0.2) is 0 Å². The molecule has 0 saturated carbocycles. The number of benzene rings is 19. The van der Waals surface area contributed by atoms with E-state index in [1.807, 2.05) is 0 Å². The van der Waals surface area contributed by atoms with E-state index in [0.717, 1.165) is 0 Å². The summed E-state index contributed by atoms with van der Waals surface area (Å²) in [6.07, 6.45) is 0. The second kappa shape index (κ2) is 25.5. The van der Waals surface area contributed by atoms with Gasteiger partial charge in [0.05, 0.1) is 0 Å². The van der Waals surface area contributed by atoms with E-state index in [-0.39, 0.29) is 0 Å². The zero-order valence-corrected chi connectivity index (χ0v) is 56.1. The van der Waals surface area contributed by atoms with Crippen LogP contribution in [0.25, 0.3) is 198 Å². The van der Waals surface area contributed by atoms with Crippen LogP contribution in [0, 0.1) is 0 Å². The fourth-order valence-electron chi connectivity index (χ4n) is 16.2. The predicted octanol–water partition coefficient (Wildman–Crippen LogP) is 28.6. The van der Waals surface area contributed by atoms with Crippen molar-refractivity contribution in [1.29, 1.82) is 0 Å². The summed E-state index contributed by atoms with van der Waals surface area (Å²) in [5.74, 6) is 0. The highest BCUT2D eigenvalue weighted by Gasteiger charge is 2.25. The van der Waals surface area contributed by atoms with E-state index in [1.165, 1.54) is 198 Å². The average molecular weight is 1290 g/mol. The van der Waals surface area contributed by atoms with E-state index in [2.05, 4.69) is 400 Å². The van der Waals surface area contributed by atoms with Crippen LogP contribution in [-0.4, -0.2) is 0 Å². The third kappa shape index (κ3) is 10.6. The first-order valence-corrected chi connectivity index (χ1v) is 35.4. The second-order valence-electron chi connectivity index (χ2n) is 26.9. The highest BCUT2D eigenvalue weighted by atomic mass is 14.3. The standard InChI is InChI=1S/C102H66/c1-7-23-67(24-8-1)73-39-47-77(48-40-73)97-91-61-57-83(65-95(91)99(79-51-43-75(44-52-79)69-27-11-3-12-28-69)89-59-55-81(63-93(89)97)71-31-15-5-16-32-71)101-85-35-19-21-37-87(85)102(88-38-22-20-36-86(88)101)84-58-62-92-96(66-84)100(80-53-45-76(46-54-80)70-29-13-4-14-30-70)90-60-56-82(72-33-17-6-18-34-72)64-94(90)98(92)78-49-41-74(42-50-78)68-25-9-2-10-26-68/h1-66H. The van der Waals surface area contributed by atoms with E-state index in [0.29, 0.717) is 0 Å². The van der Waals surface area contributed by atoms with Crippen LogP contribution in [-0.2, 0) is 0 Å². The first-order chi connectivity index (χ1) is 50.6. The van der Waals surface area contributed by atoms with Crippen molar-refractivity contribution in [2.45, 2.75) is 0 Å². The van der Waals surface area contributed by atoms with Gasteiger partial charge in [0.1, 0.15) is 0 Å². The van der Waals surface area contributed by atoms with Crippen LogP contribution in [0.3, 0.4) is 0 Å². The highest BCUT2D eigenvalue weighted by molar-refractivity contribution is 6.27. The molecule has 0 nitrogen and oxygen atoms in total. The van der Waals surface area contributed by atoms with Crippen LogP contribution in [0.2, 0.25) is 0 Å². The van der Waals surface area contributed by atoms with Crippen molar-refractivity contribution >= 4 is 64.6 Å². The van der Waals surface area contributed by atoms with Crippen molar-refractivity contribution in [2.24, 2.45) is 0 Å². The van der Waals surface area contributed by atoms with Crippen molar-refractivity contribution in [3.8, 4) is 134 Å². The minimum atomic E-state index is 1.17. The maximum atomic E-state index is 2.52. The van der Waals surface area contributed by atoms with Gasteiger partial charge in [0.25, 0.3) is 0 Å². The molecule has 0 aliphatic rings. The summed E-state index contributed by atoms with van der Waals surface area (Å²) in [7, 11) is 0. The molecule has 474 valence electrons. The highest BCUT2D eigenvalue weighted by Crippen LogP contribution is 2.52. The Kier molecular flexibility index (Phi) is 15.0. The maximum Gasteiger partial charge on any atom is -0.00261 e. The van der Waals surface area contributed by atoms with Gasteiger partial charge in [-0.3, -0.25) is 0 Å². The van der Waals surface area contributed by atoms with Crippen LogP contribution >= 0.6 is 0 Å². The molecule has 19 rings (SSSR count). The molecular weight excluding hydrogens is 1230 g/mol. The van der Waals surface area contributed by atoms with E-state index in [9.17, 15) is 0 Å². The molecular formula is C102H66. The molecule has 0 aromatic heterocycles. The summed E-state index contributed by atoms with van der Waals surface area (Å²) in [6.45, 7) is 0. The molecule has 0 aliphatic heterocycles. The number of hydrogen-bond acceptors (Lipinski definition) is 0. The predicted molar refractivity (Wildman–Crippen MR) is 437 cm³/mol. The third-order valence-electron chi connectivity index (χ3n) is 21.1. The summed E-state index contributed by atoms with van der Waals surface area (Å²) in [4.78, 5) is 0. The van der Waals surface area contributed by atoms with Gasteiger partial charge < -0.3 is 0 Å². The van der Waals surface area contributed by atoms with Crippen LogP contribution in [0.5, 0.6) is 0 Å². The molecule has 0 fully saturated rings. The fraction of sp³-hybridized carbons (Fsp3) is 0. The van der Waals surface area contributed by atoms with Gasteiger partial charge in [-0.1, -0.05) is 376 Å². The summed E-state index contributed by atoms with van der Waals surface area (Å²) in [6, 6.07) is 149. The maximum absolute atomic E-state index is 2.52. The van der Waals surface area contributed by atoms with Gasteiger partial charge in [0.2, 0.25) is 0 Å². The largest absolute Gasteiger partial charge is 0.0622 e. The lowest BCUT2D eigenvalue weighted by Gasteiger charge is -2.22. The lowest BCUT2D eigenvalue weighted by Crippen LogP contribution is -1.95. The Balaban J connectivity index is 0.854. The van der Waals surface area contributed by atoms with Crippen molar-refractivity contribution < 1.29 is 0 Å². The number of hydrogen-bond donors (Lipinski definition) is 0. The van der Waals surface area contributed by atoms with Crippen molar-refractivity contribution in [3.63, 3.8) is 0 Å². The van der Waals surface area contributed by atoms with Gasteiger partial charge in [-0.15, -0.1) is 0 Å². The third-order valence-corrected chi connectivity index (χ3v) is 21.1. The van der Waals surface area contributed by atoms with Crippen molar-refractivity contribution in [3.05, 3.63) is 400 Å².